The Bertz CT molecular complexity index is 553. The molecule has 0 amide bonds. The molecular weight excluding hydrogens is 230 g/mol. The maximum atomic E-state index is 10.6. The highest BCUT2D eigenvalue weighted by atomic mass is 16.5. The number of anilines is 1. The first-order chi connectivity index (χ1) is 8.74. The average molecular weight is 243 g/mol. The Kier molecular flexibility index (Phi) is 3.52. The summed E-state index contributed by atoms with van der Waals surface area (Å²) in [5.41, 5.74) is 6.76. The lowest BCUT2D eigenvalue weighted by Gasteiger charge is -2.05. The number of benzene rings is 1. The Balaban J connectivity index is 2.30. The van der Waals surface area contributed by atoms with Crippen molar-refractivity contribution in [2.45, 2.75) is 6.92 Å². The lowest BCUT2D eigenvalue weighted by Crippen LogP contribution is -2.00. The molecule has 1 heterocycles. The summed E-state index contributed by atoms with van der Waals surface area (Å²) in [5.74, 6) is 1.46. The molecule has 0 spiro atoms. The third-order valence-electron chi connectivity index (χ3n) is 2.40. The molecular formula is C13H13N3O2. The van der Waals surface area contributed by atoms with Crippen LogP contribution < -0.4 is 10.5 Å². The van der Waals surface area contributed by atoms with E-state index in [0.717, 1.165) is 11.3 Å². The highest BCUT2D eigenvalue weighted by Gasteiger charge is 2.05. The Morgan fingerprint density at radius 1 is 1.33 bits per heavy atom. The maximum absolute atomic E-state index is 10.6. The molecule has 0 aliphatic carbocycles. The van der Waals surface area contributed by atoms with E-state index in [1.165, 1.54) is 6.20 Å². The molecule has 2 aromatic rings. The van der Waals surface area contributed by atoms with Crippen LogP contribution in [0.2, 0.25) is 0 Å². The van der Waals surface area contributed by atoms with E-state index in [9.17, 15) is 4.79 Å². The molecule has 1 aromatic heterocycles. The van der Waals surface area contributed by atoms with Crippen LogP contribution in [0.4, 0.5) is 5.82 Å². The summed E-state index contributed by atoms with van der Waals surface area (Å²) in [5, 5.41) is 0. The Morgan fingerprint density at radius 2 is 2.06 bits per heavy atom. The number of aromatic nitrogens is 2. The minimum Gasteiger partial charge on any atom is -0.494 e. The highest BCUT2D eigenvalue weighted by Crippen LogP contribution is 2.20. The van der Waals surface area contributed by atoms with E-state index in [4.69, 9.17) is 10.5 Å². The Labute approximate surface area is 105 Å². The van der Waals surface area contributed by atoms with E-state index in [1.54, 1.807) is 0 Å². The molecule has 0 fully saturated rings. The van der Waals surface area contributed by atoms with Gasteiger partial charge in [-0.2, -0.15) is 0 Å². The molecule has 0 bridgehead atoms. The fraction of sp³-hybridized carbons (Fsp3) is 0.154. The molecule has 1 aromatic carbocycles. The molecule has 5 heteroatoms. The van der Waals surface area contributed by atoms with E-state index in [2.05, 4.69) is 9.97 Å². The van der Waals surface area contributed by atoms with E-state index < -0.39 is 0 Å². The van der Waals surface area contributed by atoms with Gasteiger partial charge in [-0.25, -0.2) is 9.97 Å². The quantitative estimate of drug-likeness (QED) is 0.830. The van der Waals surface area contributed by atoms with Crippen molar-refractivity contribution in [2.75, 3.05) is 12.3 Å². The van der Waals surface area contributed by atoms with Gasteiger partial charge in [0.25, 0.3) is 0 Å². The molecule has 2 N–H and O–H groups in total. The standard InChI is InChI=1S/C13H13N3O2/c1-2-18-11-5-3-9(4-6-11)13-15-7-10(8-17)12(14)16-13/h3-8H,2H2,1H3,(H2,14,15,16). The van der Waals surface area contributed by atoms with Gasteiger partial charge in [0, 0.05) is 11.8 Å². The van der Waals surface area contributed by atoms with Gasteiger partial charge in [0.1, 0.15) is 11.6 Å². The van der Waals surface area contributed by atoms with Gasteiger partial charge < -0.3 is 10.5 Å². The Hall–Kier alpha value is -2.43. The predicted molar refractivity (Wildman–Crippen MR) is 68.4 cm³/mol. The third kappa shape index (κ3) is 2.45. The van der Waals surface area contributed by atoms with E-state index in [1.807, 2.05) is 31.2 Å². The van der Waals surface area contributed by atoms with Crippen molar-refractivity contribution in [3.05, 3.63) is 36.0 Å². The SMILES string of the molecule is CCOc1ccc(-c2ncc(C=O)c(N)n2)cc1. The minimum absolute atomic E-state index is 0.184. The number of rotatable bonds is 4. The summed E-state index contributed by atoms with van der Waals surface area (Å²) in [6.07, 6.45) is 2.05. The van der Waals surface area contributed by atoms with Crippen LogP contribution in [0.25, 0.3) is 11.4 Å². The van der Waals surface area contributed by atoms with Gasteiger partial charge in [0.05, 0.1) is 12.2 Å². The van der Waals surface area contributed by atoms with Crippen molar-refractivity contribution >= 4 is 12.1 Å². The van der Waals surface area contributed by atoms with Crippen LogP contribution in [0, 0.1) is 0 Å². The Morgan fingerprint density at radius 3 is 2.61 bits per heavy atom. The van der Waals surface area contributed by atoms with Gasteiger partial charge in [-0.1, -0.05) is 0 Å². The first-order valence-electron chi connectivity index (χ1n) is 5.55. The van der Waals surface area contributed by atoms with Crippen molar-refractivity contribution < 1.29 is 9.53 Å². The van der Waals surface area contributed by atoms with Gasteiger partial charge in [-0.3, -0.25) is 4.79 Å². The first-order valence-corrected chi connectivity index (χ1v) is 5.55. The van der Waals surface area contributed by atoms with E-state index >= 15 is 0 Å². The molecule has 0 saturated heterocycles. The van der Waals surface area contributed by atoms with Gasteiger partial charge in [0.2, 0.25) is 0 Å². The van der Waals surface area contributed by atoms with Crippen LogP contribution in [0.1, 0.15) is 17.3 Å². The van der Waals surface area contributed by atoms with Crippen LogP contribution >= 0.6 is 0 Å². The molecule has 92 valence electrons. The predicted octanol–water partition coefficient (Wildman–Crippen LogP) is 1.94. The number of carbonyl (C=O) groups is 1. The monoisotopic (exact) mass is 243 g/mol. The van der Waals surface area contributed by atoms with Crippen LogP contribution in [0.3, 0.4) is 0 Å². The molecule has 0 unspecified atom stereocenters. The zero-order chi connectivity index (χ0) is 13.0. The van der Waals surface area contributed by atoms with Crippen molar-refractivity contribution in [1.82, 2.24) is 9.97 Å². The summed E-state index contributed by atoms with van der Waals surface area (Å²) >= 11 is 0. The topological polar surface area (TPSA) is 78.1 Å². The van der Waals surface area contributed by atoms with Crippen molar-refractivity contribution in [3.8, 4) is 17.1 Å². The van der Waals surface area contributed by atoms with Gasteiger partial charge in [-0.05, 0) is 31.2 Å². The number of ether oxygens (including phenoxy) is 1. The second-order valence-corrected chi connectivity index (χ2v) is 3.61. The molecule has 0 aliphatic rings. The second-order valence-electron chi connectivity index (χ2n) is 3.61. The average Bonchev–Trinajstić information content (AvgIpc) is 2.40. The summed E-state index contributed by atoms with van der Waals surface area (Å²) < 4.78 is 5.35. The molecule has 5 nitrogen and oxygen atoms in total. The van der Waals surface area contributed by atoms with Crippen LogP contribution in [-0.2, 0) is 0 Å². The maximum Gasteiger partial charge on any atom is 0.161 e. The molecule has 0 aliphatic heterocycles. The highest BCUT2D eigenvalue weighted by molar-refractivity contribution is 5.81. The number of hydrogen-bond donors (Lipinski definition) is 1. The molecule has 0 atom stereocenters. The van der Waals surface area contributed by atoms with Crippen LogP contribution in [0.5, 0.6) is 5.75 Å². The van der Waals surface area contributed by atoms with Crippen molar-refractivity contribution in [2.24, 2.45) is 0 Å². The van der Waals surface area contributed by atoms with Gasteiger partial charge >= 0.3 is 0 Å². The number of carbonyl (C=O) groups excluding carboxylic acids is 1. The smallest absolute Gasteiger partial charge is 0.161 e. The summed E-state index contributed by atoms with van der Waals surface area (Å²) in [6.45, 7) is 2.55. The molecule has 18 heavy (non-hydrogen) atoms. The van der Waals surface area contributed by atoms with Gasteiger partial charge in [0.15, 0.2) is 12.1 Å². The largest absolute Gasteiger partial charge is 0.494 e. The van der Waals surface area contributed by atoms with Crippen molar-refractivity contribution in [3.63, 3.8) is 0 Å². The molecule has 0 radical (unpaired) electrons. The van der Waals surface area contributed by atoms with Crippen LogP contribution in [0.15, 0.2) is 30.5 Å². The number of hydrogen-bond acceptors (Lipinski definition) is 5. The van der Waals surface area contributed by atoms with Crippen molar-refractivity contribution in [1.29, 1.82) is 0 Å². The lowest BCUT2D eigenvalue weighted by molar-refractivity contribution is 0.112. The van der Waals surface area contributed by atoms with Gasteiger partial charge in [-0.15, -0.1) is 0 Å². The summed E-state index contributed by atoms with van der Waals surface area (Å²) in [4.78, 5) is 18.8. The third-order valence-corrected chi connectivity index (χ3v) is 2.40. The number of aldehydes is 1. The number of nitrogen functional groups attached to an aromatic ring is 1. The lowest BCUT2D eigenvalue weighted by atomic mass is 10.2. The fourth-order valence-electron chi connectivity index (χ4n) is 1.50. The summed E-state index contributed by atoms with van der Waals surface area (Å²) in [7, 11) is 0. The zero-order valence-electron chi connectivity index (χ0n) is 9.96. The first kappa shape index (κ1) is 12.0. The summed E-state index contributed by atoms with van der Waals surface area (Å²) in [6, 6.07) is 7.37. The number of nitrogens with two attached hydrogens (primary N) is 1. The normalized spacial score (nSPS) is 10.1. The number of nitrogens with zero attached hydrogens (tertiary/aromatic N) is 2. The minimum atomic E-state index is 0.184. The van der Waals surface area contributed by atoms with E-state index in [-0.39, 0.29) is 5.82 Å². The zero-order valence-corrected chi connectivity index (χ0v) is 9.96. The molecule has 2 rings (SSSR count). The van der Waals surface area contributed by atoms with E-state index in [0.29, 0.717) is 24.3 Å². The fourth-order valence-corrected chi connectivity index (χ4v) is 1.50. The second kappa shape index (κ2) is 5.27. The van der Waals surface area contributed by atoms with Crippen LogP contribution in [-0.4, -0.2) is 22.9 Å². The molecule has 0 saturated carbocycles.